The highest BCUT2D eigenvalue weighted by Crippen LogP contribution is 2.25. The van der Waals surface area contributed by atoms with Crippen molar-refractivity contribution in [3.63, 3.8) is 0 Å². The molecule has 0 N–H and O–H groups in total. The number of alkyl halides is 1. The molecule has 1 aromatic heterocycles. The first kappa shape index (κ1) is 15.7. The van der Waals surface area contributed by atoms with Gasteiger partial charge in [-0.05, 0) is 22.0 Å². The third kappa shape index (κ3) is 3.14. The van der Waals surface area contributed by atoms with Crippen LogP contribution < -0.4 is 0 Å². The summed E-state index contributed by atoms with van der Waals surface area (Å²) in [7, 11) is 3.22. The Labute approximate surface area is 130 Å². The van der Waals surface area contributed by atoms with Crippen LogP contribution in [-0.2, 0) is 21.9 Å². The number of fused-ring (bicyclic) bond motifs is 1. The Morgan fingerprint density at radius 3 is 2.80 bits per heavy atom. The van der Waals surface area contributed by atoms with Gasteiger partial charge < -0.3 is 14.0 Å². The lowest BCUT2D eigenvalue weighted by Gasteiger charge is -2.17. The third-order valence-corrected chi connectivity index (χ3v) is 3.91. The van der Waals surface area contributed by atoms with Crippen molar-refractivity contribution in [1.82, 2.24) is 9.55 Å². The van der Waals surface area contributed by atoms with Crippen LogP contribution >= 0.6 is 27.5 Å². The molecule has 110 valence electrons. The van der Waals surface area contributed by atoms with E-state index < -0.39 is 0 Å². The minimum atomic E-state index is -0.333. The predicted octanol–water partition coefficient (Wildman–Crippen LogP) is 3.34. The Bertz CT molecular complexity index is 606. The topological polar surface area (TPSA) is 36.3 Å². The molecule has 0 radical (unpaired) electrons. The molecule has 20 heavy (non-hydrogen) atoms. The number of halogens is 3. The zero-order valence-corrected chi connectivity index (χ0v) is 13.5. The van der Waals surface area contributed by atoms with Gasteiger partial charge in [-0.25, -0.2) is 9.37 Å². The van der Waals surface area contributed by atoms with Crippen LogP contribution in [0, 0.1) is 5.82 Å². The first-order valence-corrected chi connectivity index (χ1v) is 7.35. The van der Waals surface area contributed by atoms with E-state index in [0.717, 1.165) is 0 Å². The van der Waals surface area contributed by atoms with Gasteiger partial charge in [-0.2, -0.15) is 0 Å². The number of imidazole rings is 1. The summed E-state index contributed by atoms with van der Waals surface area (Å²) >= 11 is 9.09. The Morgan fingerprint density at radius 2 is 2.20 bits per heavy atom. The minimum absolute atomic E-state index is 0.147. The lowest BCUT2D eigenvalue weighted by Crippen LogP contribution is -2.24. The van der Waals surface area contributed by atoms with Gasteiger partial charge in [0.2, 0.25) is 0 Å². The molecule has 0 aliphatic rings. The van der Waals surface area contributed by atoms with Crippen molar-refractivity contribution in [3.8, 4) is 0 Å². The van der Waals surface area contributed by atoms with Crippen LogP contribution in [0.4, 0.5) is 4.39 Å². The van der Waals surface area contributed by atoms with E-state index in [0.29, 0.717) is 34.5 Å². The van der Waals surface area contributed by atoms with E-state index in [1.165, 1.54) is 6.07 Å². The van der Waals surface area contributed by atoms with Crippen molar-refractivity contribution < 1.29 is 13.9 Å². The molecule has 2 aromatic rings. The van der Waals surface area contributed by atoms with Crippen LogP contribution in [0.5, 0.6) is 0 Å². The van der Waals surface area contributed by atoms with Crippen molar-refractivity contribution in [3.05, 3.63) is 28.2 Å². The summed E-state index contributed by atoms with van der Waals surface area (Å²) in [6.45, 7) is 0.945. The molecule has 0 aliphatic heterocycles. The van der Waals surface area contributed by atoms with Crippen molar-refractivity contribution >= 4 is 38.6 Å². The molecule has 1 heterocycles. The molecule has 1 atom stereocenters. The van der Waals surface area contributed by atoms with Crippen LogP contribution in [0.15, 0.2) is 16.6 Å². The van der Waals surface area contributed by atoms with Gasteiger partial charge in [-0.1, -0.05) is 0 Å². The lowest BCUT2D eigenvalue weighted by atomic mass is 10.3. The highest BCUT2D eigenvalue weighted by Gasteiger charge is 2.16. The van der Waals surface area contributed by atoms with Gasteiger partial charge in [0, 0.05) is 20.3 Å². The number of ether oxygens (including phenoxy) is 2. The third-order valence-electron chi connectivity index (χ3n) is 3.06. The smallest absolute Gasteiger partial charge is 0.139 e. The Hall–Kier alpha value is -0.690. The summed E-state index contributed by atoms with van der Waals surface area (Å²) in [6.07, 6.45) is -0.147. The van der Waals surface area contributed by atoms with E-state index >= 15 is 0 Å². The number of rotatable bonds is 6. The fourth-order valence-electron chi connectivity index (χ4n) is 2.06. The minimum Gasteiger partial charge on any atom is -0.382 e. The second kappa shape index (κ2) is 6.85. The van der Waals surface area contributed by atoms with Gasteiger partial charge in [-0.15, -0.1) is 11.6 Å². The molecular weight excluding hydrogens is 351 g/mol. The van der Waals surface area contributed by atoms with Crippen LogP contribution in [0.1, 0.15) is 5.82 Å². The monoisotopic (exact) mass is 364 g/mol. The maximum atomic E-state index is 13.7. The number of hydrogen-bond donors (Lipinski definition) is 0. The zero-order chi connectivity index (χ0) is 14.7. The number of nitrogens with zero attached hydrogens (tertiary/aromatic N) is 2. The quantitative estimate of drug-likeness (QED) is 0.737. The fraction of sp³-hybridized carbons (Fsp3) is 0.462. The molecule has 2 rings (SSSR count). The molecule has 0 saturated heterocycles. The van der Waals surface area contributed by atoms with E-state index in [-0.39, 0.29) is 17.8 Å². The predicted molar refractivity (Wildman–Crippen MR) is 79.6 cm³/mol. The molecule has 0 saturated carbocycles. The molecule has 7 heteroatoms. The molecule has 0 fully saturated rings. The summed E-state index contributed by atoms with van der Waals surface area (Å²) in [5, 5.41) is 0. The molecular formula is C13H15BrClFN2O2. The second-order valence-corrected chi connectivity index (χ2v) is 5.46. The lowest BCUT2D eigenvalue weighted by molar-refractivity contribution is 0.0186. The second-order valence-electron chi connectivity index (χ2n) is 4.34. The van der Waals surface area contributed by atoms with Gasteiger partial charge in [0.15, 0.2) is 0 Å². The highest BCUT2D eigenvalue weighted by atomic mass is 79.9. The van der Waals surface area contributed by atoms with Gasteiger partial charge >= 0.3 is 0 Å². The maximum absolute atomic E-state index is 13.7. The number of hydrogen-bond acceptors (Lipinski definition) is 3. The van der Waals surface area contributed by atoms with E-state index in [9.17, 15) is 4.39 Å². The van der Waals surface area contributed by atoms with Gasteiger partial charge in [0.05, 0.1) is 40.6 Å². The SMILES string of the molecule is COCC(Cn1c(CCl)nc2cc(Br)c(F)cc21)OC. The highest BCUT2D eigenvalue weighted by molar-refractivity contribution is 9.10. The molecule has 0 bridgehead atoms. The first-order chi connectivity index (χ1) is 9.60. The first-order valence-electron chi connectivity index (χ1n) is 6.02. The van der Waals surface area contributed by atoms with E-state index in [1.54, 1.807) is 20.3 Å². The molecule has 0 amide bonds. The summed E-state index contributed by atoms with van der Waals surface area (Å²) in [6, 6.07) is 3.09. The van der Waals surface area contributed by atoms with Crippen molar-refractivity contribution in [1.29, 1.82) is 0 Å². The Balaban J connectivity index is 2.46. The summed E-state index contributed by atoms with van der Waals surface area (Å²) in [5.74, 6) is 0.593. The van der Waals surface area contributed by atoms with Gasteiger partial charge in [0.25, 0.3) is 0 Å². The van der Waals surface area contributed by atoms with Gasteiger partial charge in [-0.3, -0.25) is 0 Å². The molecule has 4 nitrogen and oxygen atoms in total. The number of methoxy groups -OCH3 is 2. The van der Waals surface area contributed by atoms with Crippen molar-refractivity contribution in [2.75, 3.05) is 20.8 Å². The van der Waals surface area contributed by atoms with Crippen LogP contribution in [0.3, 0.4) is 0 Å². The average molecular weight is 366 g/mol. The van der Waals surface area contributed by atoms with Gasteiger partial charge in [0.1, 0.15) is 11.6 Å². The number of benzene rings is 1. The van der Waals surface area contributed by atoms with E-state index in [2.05, 4.69) is 20.9 Å². The molecule has 0 aliphatic carbocycles. The van der Waals surface area contributed by atoms with E-state index in [4.69, 9.17) is 21.1 Å². The normalized spacial score (nSPS) is 13.1. The Morgan fingerprint density at radius 1 is 1.45 bits per heavy atom. The Kier molecular flexibility index (Phi) is 5.37. The molecule has 1 unspecified atom stereocenters. The standard InChI is InChI=1S/C13H15BrClFN2O2/c1-19-7-8(20-2)6-18-12-4-10(16)9(14)3-11(12)17-13(18)5-15/h3-4,8H,5-7H2,1-2H3. The van der Waals surface area contributed by atoms with Crippen LogP contribution in [0.25, 0.3) is 11.0 Å². The summed E-state index contributed by atoms with van der Waals surface area (Å²) in [5.41, 5.74) is 1.39. The average Bonchev–Trinajstić information content (AvgIpc) is 2.76. The molecule has 1 aromatic carbocycles. The summed E-state index contributed by atoms with van der Waals surface area (Å²) in [4.78, 5) is 4.42. The van der Waals surface area contributed by atoms with Crippen molar-refractivity contribution in [2.45, 2.75) is 18.5 Å². The van der Waals surface area contributed by atoms with Crippen LogP contribution in [0.2, 0.25) is 0 Å². The fourth-order valence-corrected chi connectivity index (χ4v) is 2.60. The maximum Gasteiger partial charge on any atom is 0.139 e. The summed E-state index contributed by atoms with van der Waals surface area (Å²) < 4.78 is 26.4. The van der Waals surface area contributed by atoms with Crippen LogP contribution in [-0.4, -0.2) is 36.5 Å². The number of aromatic nitrogens is 2. The molecule has 0 spiro atoms. The zero-order valence-electron chi connectivity index (χ0n) is 11.2. The van der Waals surface area contributed by atoms with E-state index in [1.807, 2.05) is 4.57 Å². The largest absolute Gasteiger partial charge is 0.382 e. The van der Waals surface area contributed by atoms with Crippen molar-refractivity contribution in [2.24, 2.45) is 0 Å².